The van der Waals surface area contributed by atoms with Crippen LogP contribution in [0.15, 0.2) is 154 Å². The summed E-state index contributed by atoms with van der Waals surface area (Å²) in [6.45, 7) is 3.88. The molecule has 216 valence electrons. The van der Waals surface area contributed by atoms with Gasteiger partial charge in [-0.2, -0.15) is 0 Å². The first kappa shape index (κ1) is 27.4. The summed E-state index contributed by atoms with van der Waals surface area (Å²) in [6.07, 6.45) is 6.69. The van der Waals surface area contributed by atoms with Crippen molar-refractivity contribution in [1.82, 2.24) is 0 Å². The van der Waals surface area contributed by atoms with Crippen LogP contribution in [0.25, 0.3) is 27.8 Å². The quantitative estimate of drug-likeness (QED) is 0.0853. The predicted molar refractivity (Wildman–Crippen MR) is 189 cm³/mol. The fourth-order valence-electron chi connectivity index (χ4n) is 7.61. The number of benzene rings is 5. The molecular weight excluding hydrogens is 570 g/mol. The number of fused-ring (bicyclic) bond motifs is 9. The lowest BCUT2D eigenvalue weighted by Crippen LogP contribution is -2.27. The van der Waals surface area contributed by atoms with Gasteiger partial charge in [0.25, 0.3) is 0 Å². The minimum Gasteiger partial charge on any atom is -0.250 e. The number of amidine groups is 2. The Bertz CT molecular complexity index is 2100. The molecule has 3 aliphatic carbocycles. The fraction of sp³-hybridized carbons (Fsp3) is 0.0976. The van der Waals surface area contributed by atoms with E-state index in [0.717, 1.165) is 40.7 Å². The summed E-state index contributed by atoms with van der Waals surface area (Å²) in [6, 6.07) is 42.9. The summed E-state index contributed by atoms with van der Waals surface area (Å²) >= 11 is 6.32. The molecule has 1 atom stereocenters. The molecule has 0 saturated carbocycles. The van der Waals surface area contributed by atoms with Crippen molar-refractivity contribution in [3.63, 3.8) is 0 Å². The second-order valence-electron chi connectivity index (χ2n) is 11.5. The van der Waals surface area contributed by atoms with E-state index in [1.807, 2.05) is 30.3 Å². The van der Waals surface area contributed by atoms with Gasteiger partial charge in [0.15, 0.2) is 11.7 Å². The highest BCUT2D eigenvalue weighted by atomic mass is 35.5. The molecule has 8 rings (SSSR count). The lowest BCUT2D eigenvalue weighted by molar-refractivity contribution is 0.714. The molecule has 0 saturated heterocycles. The Morgan fingerprint density at radius 2 is 1.36 bits per heavy atom. The molecular formula is C41H30ClN3. The van der Waals surface area contributed by atoms with Crippen LogP contribution in [0.5, 0.6) is 0 Å². The van der Waals surface area contributed by atoms with E-state index in [2.05, 4.69) is 115 Å². The summed E-state index contributed by atoms with van der Waals surface area (Å²) in [5.74, 6) is 1.05. The van der Waals surface area contributed by atoms with E-state index in [-0.39, 0.29) is 11.4 Å². The third-order valence-corrected chi connectivity index (χ3v) is 9.50. The minimum absolute atomic E-state index is 0.0790. The normalized spacial score (nSPS) is 18.1. The van der Waals surface area contributed by atoms with Crippen LogP contribution in [-0.2, 0) is 5.41 Å². The molecule has 0 heterocycles. The first-order valence-electron chi connectivity index (χ1n) is 15.3. The smallest absolute Gasteiger partial charge is 0.161 e. The number of nitrogens with zero attached hydrogens (tertiary/aromatic N) is 3. The van der Waals surface area contributed by atoms with E-state index in [1.165, 1.54) is 39.0 Å². The van der Waals surface area contributed by atoms with Crippen molar-refractivity contribution in [3.8, 4) is 22.3 Å². The molecule has 5 aromatic carbocycles. The lowest BCUT2D eigenvalue weighted by atomic mass is 9.68. The summed E-state index contributed by atoms with van der Waals surface area (Å²) in [7, 11) is 0. The van der Waals surface area contributed by atoms with Crippen molar-refractivity contribution in [2.75, 3.05) is 6.00 Å². The van der Waals surface area contributed by atoms with Gasteiger partial charge in [0.05, 0.1) is 5.41 Å². The molecule has 45 heavy (non-hydrogen) atoms. The molecule has 1 spiro atoms. The van der Waals surface area contributed by atoms with Gasteiger partial charge in [-0.15, -0.1) is 11.6 Å². The highest BCUT2D eigenvalue weighted by Gasteiger charge is 2.53. The van der Waals surface area contributed by atoms with Gasteiger partial charge < -0.3 is 0 Å². The lowest BCUT2D eigenvalue weighted by Gasteiger charge is -2.33. The van der Waals surface area contributed by atoms with Gasteiger partial charge >= 0.3 is 0 Å². The van der Waals surface area contributed by atoms with E-state index in [9.17, 15) is 0 Å². The fourth-order valence-corrected chi connectivity index (χ4v) is 7.73. The second-order valence-corrected chi connectivity index (χ2v) is 11.8. The average molecular weight is 600 g/mol. The largest absolute Gasteiger partial charge is 0.250 e. The zero-order chi connectivity index (χ0) is 30.4. The maximum Gasteiger partial charge on any atom is 0.161 e. The maximum absolute atomic E-state index is 6.32. The van der Waals surface area contributed by atoms with E-state index in [1.54, 1.807) is 0 Å². The Kier molecular flexibility index (Phi) is 6.77. The summed E-state index contributed by atoms with van der Waals surface area (Å²) in [5, 5.41) is 0. The molecule has 3 aliphatic rings. The molecule has 3 nitrogen and oxygen atoms in total. The molecule has 0 amide bonds. The van der Waals surface area contributed by atoms with Crippen LogP contribution in [0.4, 0.5) is 0 Å². The van der Waals surface area contributed by atoms with Gasteiger partial charge in [-0.1, -0.05) is 133 Å². The van der Waals surface area contributed by atoms with Crippen LogP contribution in [0.3, 0.4) is 0 Å². The summed E-state index contributed by atoms with van der Waals surface area (Å²) < 4.78 is 0. The molecule has 4 heteroatoms. The molecule has 0 fully saturated rings. The predicted octanol–water partition coefficient (Wildman–Crippen LogP) is 9.88. The Morgan fingerprint density at radius 1 is 0.689 bits per heavy atom. The van der Waals surface area contributed by atoms with Crippen molar-refractivity contribution in [3.05, 3.63) is 172 Å². The third kappa shape index (κ3) is 4.15. The Morgan fingerprint density at radius 3 is 2.11 bits per heavy atom. The average Bonchev–Trinajstić information content (AvgIpc) is 3.58. The molecule has 0 radical (unpaired) electrons. The van der Waals surface area contributed by atoms with E-state index in [0.29, 0.717) is 11.7 Å². The van der Waals surface area contributed by atoms with Crippen LogP contribution in [0.2, 0.25) is 0 Å². The van der Waals surface area contributed by atoms with Crippen molar-refractivity contribution < 1.29 is 0 Å². The molecule has 1 unspecified atom stereocenters. The van der Waals surface area contributed by atoms with Crippen LogP contribution in [0.1, 0.15) is 46.2 Å². The topological polar surface area (TPSA) is 37.1 Å². The van der Waals surface area contributed by atoms with Crippen molar-refractivity contribution >= 4 is 35.6 Å². The van der Waals surface area contributed by atoms with Gasteiger partial charge in [0.1, 0.15) is 6.00 Å². The Labute approximate surface area is 268 Å². The SMILES string of the molecule is C=NC(=NC(=NCCl)c1cccc2c1-c1ccccc1C21C2=C(C=CCC2)c2ccccc21)c1ccc(-c2ccccc2)cc1. The molecule has 0 N–H and O–H groups in total. The second kappa shape index (κ2) is 11.1. The highest BCUT2D eigenvalue weighted by molar-refractivity contribution is 6.20. The number of alkyl halides is 1. The molecule has 0 bridgehead atoms. The maximum atomic E-state index is 6.32. The van der Waals surface area contributed by atoms with E-state index >= 15 is 0 Å². The van der Waals surface area contributed by atoms with Crippen LogP contribution in [0, 0.1) is 0 Å². The van der Waals surface area contributed by atoms with Gasteiger partial charge in [-0.25, -0.2) is 15.0 Å². The number of hydrogen-bond acceptors (Lipinski definition) is 1. The third-order valence-electron chi connectivity index (χ3n) is 9.38. The van der Waals surface area contributed by atoms with Crippen molar-refractivity contribution in [1.29, 1.82) is 0 Å². The summed E-state index contributed by atoms with van der Waals surface area (Å²) in [4.78, 5) is 14.2. The first-order chi connectivity index (χ1) is 22.3. The zero-order valence-corrected chi connectivity index (χ0v) is 25.5. The summed E-state index contributed by atoms with van der Waals surface area (Å²) in [5.41, 5.74) is 14.2. The van der Waals surface area contributed by atoms with E-state index < -0.39 is 0 Å². The minimum atomic E-state index is -0.360. The molecule has 0 aromatic heterocycles. The van der Waals surface area contributed by atoms with Gasteiger partial charge in [0.2, 0.25) is 0 Å². The Balaban J connectivity index is 1.31. The Hall–Kier alpha value is -5.12. The van der Waals surface area contributed by atoms with E-state index in [4.69, 9.17) is 21.6 Å². The number of rotatable bonds is 4. The van der Waals surface area contributed by atoms with Gasteiger partial charge in [-0.3, -0.25) is 0 Å². The van der Waals surface area contributed by atoms with Crippen LogP contribution >= 0.6 is 11.6 Å². The highest BCUT2D eigenvalue weighted by Crippen LogP contribution is 2.63. The number of hydrogen-bond donors (Lipinski definition) is 0. The number of halogens is 1. The monoisotopic (exact) mass is 599 g/mol. The van der Waals surface area contributed by atoms with Crippen LogP contribution < -0.4 is 0 Å². The van der Waals surface area contributed by atoms with Crippen molar-refractivity contribution in [2.24, 2.45) is 15.0 Å². The number of allylic oxidation sites excluding steroid dienone is 4. The molecule has 5 aromatic rings. The van der Waals surface area contributed by atoms with Gasteiger partial charge in [0, 0.05) is 11.1 Å². The van der Waals surface area contributed by atoms with Crippen molar-refractivity contribution in [2.45, 2.75) is 18.3 Å². The number of aliphatic imine (C=N–C) groups is 3. The first-order valence-corrected chi connectivity index (χ1v) is 15.8. The zero-order valence-electron chi connectivity index (χ0n) is 24.7. The van der Waals surface area contributed by atoms with Gasteiger partial charge in [-0.05, 0) is 75.2 Å². The van der Waals surface area contributed by atoms with Crippen LogP contribution in [-0.4, -0.2) is 24.4 Å². The standard InChI is InChI=1S/C41H30ClN3/c1-43-39(29-24-22-28(23-25-29)27-12-3-2-4-13-27)45-40(44-26-42)33-17-11-21-37-38(33)32-16-7-10-20-36(32)41(37)34-18-8-5-14-30(34)31-15-6-9-19-35(31)41/h2-8,10-18,20-25H,1,9,19,26H2. The molecule has 0 aliphatic heterocycles.